The van der Waals surface area contributed by atoms with Crippen LogP contribution >= 0.6 is 11.3 Å². The molecule has 0 fully saturated rings. The second-order valence-electron chi connectivity index (χ2n) is 5.60. The van der Waals surface area contributed by atoms with Gasteiger partial charge in [0, 0.05) is 11.1 Å². The second kappa shape index (κ2) is 6.98. The minimum Gasteiger partial charge on any atom is -0.310 e. The number of aryl methyl sites for hydroxylation is 2. The Labute approximate surface area is 147 Å². The number of halogens is 1. The van der Waals surface area contributed by atoms with Crippen LogP contribution in [0.4, 0.5) is 9.52 Å². The summed E-state index contributed by atoms with van der Waals surface area (Å²) >= 11 is 1.36. The van der Waals surface area contributed by atoms with Crippen molar-refractivity contribution in [3.63, 3.8) is 0 Å². The summed E-state index contributed by atoms with van der Waals surface area (Å²) in [6, 6.07) is 9.10. The van der Waals surface area contributed by atoms with Gasteiger partial charge in [-0.2, -0.15) is 0 Å². The first-order chi connectivity index (χ1) is 11.9. The number of amides is 1. The standard InChI is InChI=1S/C18H16FN3O2S/c1-11-12(2)25-18(20-11)21-16(23)15-7-4-8-22(17(15)24)10-13-5-3-6-14(19)9-13/h3-9H,10H2,1-2H3,(H,20,21,23). The Morgan fingerprint density at radius 2 is 2.08 bits per heavy atom. The van der Waals surface area contributed by atoms with Crippen LogP contribution in [0.25, 0.3) is 0 Å². The first kappa shape index (κ1) is 17.0. The van der Waals surface area contributed by atoms with Crippen molar-refractivity contribution in [2.75, 3.05) is 5.32 Å². The van der Waals surface area contributed by atoms with Crippen LogP contribution in [0.15, 0.2) is 47.4 Å². The highest BCUT2D eigenvalue weighted by atomic mass is 32.1. The van der Waals surface area contributed by atoms with Crippen molar-refractivity contribution in [3.05, 3.63) is 80.5 Å². The maximum absolute atomic E-state index is 13.3. The Morgan fingerprint density at radius 1 is 1.28 bits per heavy atom. The van der Waals surface area contributed by atoms with Crippen LogP contribution in [-0.4, -0.2) is 15.5 Å². The van der Waals surface area contributed by atoms with Crippen LogP contribution in [0, 0.1) is 19.7 Å². The molecule has 0 saturated carbocycles. The van der Waals surface area contributed by atoms with Crippen molar-refractivity contribution in [1.29, 1.82) is 0 Å². The Balaban J connectivity index is 1.85. The Morgan fingerprint density at radius 3 is 2.76 bits per heavy atom. The number of benzene rings is 1. The van der Waals surface area contributed by atoms with E-state index in [9.17, 15) is 14.0 Å². The predicted octanol–water partition coefficient (Wildman–Crippen LogP) is 3.36. The Kier molecular flexibility index (Phi) is 4.76. The summed E-state index contributed by atoms with van der Waals surface area (Å²) in [6.07, 6.45) is 1.57. The molecule has 0 bridgehead atoms. The SMILES string of the molecule is Cc1nc(NC(=O)c2cccn(Cc3cccc(F)c3)c2=O)sc1C. The number of rotatable bonds is 4. The molecule has 0 aliphatic carbocycles. The molecular formula is C18H16FN3O2S. The van der Waals surface area contributed by atoms with Crippen LogP contribution in [-0.2, 0) is 6.54 Å². The van der Waals surface area contributed by atoms with Gasteiger partial charge in [-0.05, 0) is 43.7 Å². The monoisotopic (exact) mass is 357 g/mol. The molecule has 7 heteroatoms. The molecule has 3 rings (SSSR count). The summed E-state index contributed by atoms with van der Waals surface area (Å²) in [5.74, 6) is -0.874. The average molecular weight is 357 g/mol. The lowest BCUT2D eigenvalue weighted by Crippen LogP contribution is -2.29. The van der Waals surface area contributed by atoms with E-state index >= 15 is 0 Å². The van der Waals surface area contributed by atoms with Crippen LogP contribution in [0.1, 0.15) is 26.5 Å². The molecule has 1 aromatic carbocycles. The Bertz CT molecular complexity index is 974. The molecule has 5 nitrogen and oxygen atoms in total. The largest absolute Gasteiger partial charge is 0.310 e. The predicted molar refractivity (Wildman–Crippen MR) is 95.7 cm³/mol. The number of anilines is 1. The van der Waals surface area contributed by atoms with E-state index in [0.29, 0.717) is 10.7 Å². The maximum atomic E-state index is 13.3. The van der Waals surface area contributed by atoms with Crippen LogP contribution in [0.2, 0.25) is 0 Å². The molecule has 128 valence electrons. The molecule has 2 heterocycles. The van der Waals surface area contributed by atoms with Crippen molar-refractivity contribution < 1.29 is 9.18 Å². The molecule has 0 spiro atoms. The van der Waals surface area contributed by atoms with E-state index in [1.165, 1.54) is 34.1 Å². The topological polar surface area (TPSA) is 64.0 Å². The molecule has 1 N–H and O–H groups in total. The van der Waals surface area contributed by atoms with E-state index < -0.39 is 11.5 Å². The molecule has 0 aliphatic rings. The van der Waals surface area contributed by atoms with Crippen LogP contribution in [0.3, 0.4) is 0 Å². The van der Waals surface area contributed by atoms with Gasteiger partial charge in [0.05, 0.1) is 12.2 Å². The number of hydrogen-bond donors (Lipinski definition) is 1. The van der Waals surface area contributed by atoms with E-state index in [-0.39, 0.29) is 17.9 Å². The zero-order chi connectivity index (χ0) is 18.0. The number of thiazole rings is 1. The minimum atomic E-state index is -0.507. The van der Waals surface area contributed by atoms with E-state index in [1.54, 1.807) is 24.4 Å². The number of carbonyl (C=O) groups excluding carboxylic acids is 1. The van der Waals surface area contributed by atoms with Gasteiger partial charge in [-0.15, -0.1) is 11.3 Å². The highest BCUT2D eigenvalue weighted by Gasteiger charge is 2.15. The smallest absolute Gasteiger partial charge is 0.263 e. The molecule has 0 unspecified atom stereocenters. The number of hydrogen-bond acceptors (Lipinski definition) is 4. The average Bonchev–Trinajstić information content (AvgIpc) is 2.87. The molecule has 0 atom stereocenters. The van der Waals surface area contributed by atoms with Gasteiger partial charge in [-0.3, -0.25) is 14.9 Å². The summed E-state index contributed by atoms with van der Waals surface area (Å²) in [4.78, 5) is 30.2. The third kappa shape index (κ3) is 3.83. The number of aromatic nitrogens is 2. The van der Waals surface area contributed by atoms with Crippen molar-refractivity contribution >= 4 is 22.4 Å². The molecule has 0 saturated heterocycles. The fraction of sp³-hybridized carbons (Fsp3) is 0.167. The summed E-state index contributed by atoms with van der Waals surface area (Å²) < 4.78 is 14.7. The highest BCUT2D eigenvalue weighted by Crippen LogP contribution is 2.21. The molecular weight excluding hydrogens is 341 g/mol. The van der Waals surface area contributed by atoms with Gasteiger partial charge in [0.2, 0.25) is 0 Å². The fourth-order valence-electron chi connectivity index (χ4n) is 2.36. The second-order valence-corrected chi connectivity index (χ2v) is 6.80. The number of nitrogens with one attached hydrogen (secondary N) is 1. The highest BCUT2D eigenvalue weighted by molar-refractivity contribution is 7.15. The first-order valence-electron chi connectivity index (χ1n) is 7.63. The summed E-state index contributed by atoms with van der Waals surface area (Å²) in [5.41, 5.74) is 1.07. The molecule has 3 aromatic rings. The van der Waals surface area contributed by atoms with E-state index in [2.05, 4.69) is 10.3 Å². The van der Waals surface area contributed by atoms with Gasteiger partial charge < -0.3 is 4.57 Å². The zero-order valence-electron chi connectivity index (χ0n) is 13.7. The van der Waals surface area contributed by atoms with E-state index in [4.69, 9.17) is 0 Å². The number of carbonyl (C=O) groups is 1. The molecule has 0 aliphatic heterocycles. The van der Waals surface area contributed by atoms with Crippen molar-refractivity contribution in [3.8, 4) is 0 Å². The lowest BCUT2D eigenvalue weighted by atomic mass is 10.2. The summed E-state index contributed by atoms with van der Waals surface area (Å²) in [5, 5.41) is 3.11. The fourth-order valence-corrected chi connectivity index (χ4v) is 3.17. The van der Waals surface area contributed by atoms with E-state index in [1.807, 2.05) is 13.8 Å². The number of pyridine rings is 1. The maximum Gasteiger partial charge on any atom is 0.263 e. The minimum absolute atomic E-state index is 0.0180. The van der Waals surface area contributed by atoms with E-state index in [0.717, 1.165) is 10.6 Å². The Hall–Kier alpha value is -2.80. The lowest BCUT2D eigenvalue weighted by Gasteiger charge is -2.08. The summed E-state index contributed by atoms with van der Waals surface area (Å²) in [7, 11) is 0. The van der Waals surface area contributed by atoms with Gasteiger partial charge in [0.25, 0.3) is 11.5 Å². The van der Waals surface area contributed by atoms with Crippen LogP contribution < -0.4 is 10.9 Å². The molecule has 1 amide bonds. The van der Waals surface area contributed by atoms with Gasteiger partial charge in [-0.25, -0.2) is 9.37 Å². The molecule has 25 heavy (non-hydrogen) atoms. The van der Waals surface area contributed by atoms with Crippen molar-refractivity contribution in [2.45, 2.75) is 20.4 Å². The number of nitrogens with zero attached hydrogens (tertiary/aromatic N) is 2. The summed E-state index contributed by atoms with van der Waals surface area (Å²) in [6.45, 7) is 3.96. The van der Waals surface area contributed by atoms with Crippen LogP contribution in [0.5, 0.6) is 0 Å². The van der Waals surface area contributed by atoms with Gasteiger partial charge >= 0.3 is 0 Å². The first-order valence-corrected chi connectivity index (χ1v) is 8.45. The lowest BCUT2D eigenvalue weighted by molar-refractivity contribution is 0.102. The normalized spacial score (nSPS) is 10.7. The van der Waals surface area contributed by atoms with Crippen molar-refractivity contribution in [1.82, 2.24) is 9.55 Å². The zero-order valence-corrected chi connectivity index (χ0v) is 14.6. The third-order valence-corrected chi connectivity index (χ3v) is 4.74. The van der Waals surface area contributed by atoms with Gasteiger partial charge in [0.1, 0.15) is 11.4 Å². The van der Waals surface area contributed by atoms with Crippen molar-refractivity contribution in [2.24, 2.45) is 0 Å². The van der Waals surface area contributed by atoms with Gasteiger partial charge in [0.15, 0.2) is 5.13 Å². The quantitative estimate of drug-likeness (QED) is 0.779. The third-order valence-electron chi connectivity index (χ3n) is 3.76. The molecule has 0 radical (unpaired) electrons. The van der Waals surface area contributed by atoms with Gasteiger partial charge in [-0.1, -0.05) is 12.1 Å². The molecule has 2 aromatic heterocycles.